The third-order valence-corrected chi connectivity index (χ3v) is 1.94. The van der Waals surface area contributed by atoms with Crippen LogP contribution in [0.5, 0.6) is 5.75 Å². The number of nitrogens with two attached hydrogens (primary N) is 1. The molecule has 0 bridgehead atoms. The summed E-state index contributed by atoms with van der Waals surface area (Å²) in [4.78, 5) is 5.00. The summed E-state index contributed by atoms with van der Waals surface area (Å²) < 4.78 is 12.9. The molecule has 12 heavy (non-hydrogen) atoms. The van der Waals surface area contributed by atoms with E-state index in [-0.39, 0.29) is 11.7 Å². The van der Waals surface area contributed by atoms with Crippen LogP contribution in [0, 0.1) is 5.82 Å². The van der Waals surface area contributed by atoms with Gasteiger partial charge in [0.25, 0.3) is 0 Å². The molecule has 1 aromatic carbocycles. The van der Waals surface area contributed by atoms with Crippen LogP contribution in [0.4, 0.5) is 10.1 Å². The Kier molecular flexibility index (Phi) is 1.44. The molecule has 0 spiro atoms. The standard InChI is InChI=1S/C8H9FN2O/c1-4-5-2-7(10)6(9)3-8(5)12-11-4/h2-4,11H,10H2,1H3. The van der Waals surface area contributed by atoms with Crippen LogP contribution >= 0.6 is 0 Å². The summed E-state index contributed by atoms with van der Waals surface area (Å²) in [6.07, 6.45) is 0. The van der Waals surface area contributed by atoms with Crippen molar-refractivity contribution < 1.29 is 9.23 Å². The van der Waals surface area contributed by atoms with E-state index in [0.29, 0.717) is 5.75 Å². The number of halogens is 1. The van der Waals surface area contributed by atoms with Gasteiger partial charge in [0.1, 0.15) is 5.82 Å². The molecular weight excluding hydrogens is 159 g/mol. The molecule has 0 saturated carbocycles. The highest BCUT2D eigenvalue weighted by Gasteiger charge is 2.21. The number of hydrogen-bond acceptors (Lipinski definition) is 3. The molecule has 4 heteroatoms. The predicted octanol–water partition coefficient (Wildman–Crippen LogP) is 1.37. The lowest BCUT2D eigenvalue weighted by Gasteiger charge is -2.01. The minimum Gasteiger partial charge on any atom is -0.408 e. The van der Waals surface area contributed by atoms with Gasteiger partial charge in [-0.05, 0) is 13.0 Å². The summed E-state index contributed by atoms with van der Waals surface area (Å²) in [6.45, 7) is 1.92. The SMILES string of the molecule is CC1NOc2cc(F)c(N)cc21. The van der Waals surface area contributed by atoms with Crippen LogP contribution in [0.15, 0.2) is 12.1 Å². The number of anilines is 1. The maximum atomic E-state index is 12.9. The number of fused-ring (bicyclic) bond motifs is 1. The molecule has 1 aromatic rings. The molecule has 1 aliphatic heterocycles. The molecule has 0 radical (unpaired) electrons. The van der Waals surface area contributed by atoms with Crippen molar-refractivity contribution in [3.05, 3.63) is 23.5 Å². The number of nitrogen functional groups attached to an aromatic ring is 1. The second kappa shape index (κ2) is 2.35. The maximum Gasteiger partial charge on any atom is 0.155 e. The van der Waals surface area contributed by atoms with Crippen molar-refractivity contribution in [1.82, 2.24) is 5.48 Å². The molecule has 1 atom stereocenters. The fourth-order valence-electron chi connectivity index (χ4n) is 1.23. The van der Waals surface area contributed by atoms with Crippen molar-refractivity contribution in [3.8, 4) is 5.75 Å². The van der Waals surface area contributed by atoms with Gasteiger partial charge in [0.05, 0.1) is 11.7 Å². The highest BCUT2D eigenvalue weighted by Crippen LogP contribution is 2.33. The molecule has 0 aliphatic carbocycles. The average molecular weight is 168 g/mol. The molecule has 0 amide bonds. The third-order valence-electron chi connectivity index (χ3n) is 1.94. The van der Waals surface area contributed by atoms with Crippen molar-refractivity contribution in [2.24, 2.45) is 0 Å². The summed E-state index contributed by atoms with van der Waals surface area (Å²) in [5, 5.41) is 0. The lowest BCUT2D eigenvalue weighted by atomic mass is 10.1. The molecule has 2 rings (SSSR count). The van der Waals surface area contributed by atoms with Crippen LogP contribution in [-0.4, -0.2) is 0 Å². The highest BCUT2D eigenvalue weighted by atomic mass is 19.1. The van der Waals surface area contributed by atoms with E-state index in [9.17, 15) is 4.39 Å². The van der Waals surface area contributed by atoms with Crippen molar-refractivity contribution in [2.45, 2.75) is 13.0 Å². The zero-order chi connectivity index (χ0) is 8.72. The lowest BCUT2D eigenvalue weighted by Crippen LogP contribution is -2.12. The van der Waals surface area contributed by atoms with E-state index >= 15 is 0 Å². The van der Waals surface area contributed by atoms with Gasteiger partial charge in [0.15, 0.2) is 5.75 Å². The van der Waals surface area contributed by atoms with Crippen molar-refractivity contribution in [1.29, 1.82) is 0 Å². The normalized spacial score (nSPS) is 20.3. The Labute approximate surface area is 69.3 Å². The zero-order valence-corrected chi connectivity index (χ0v) is 6.60. The Balaban J connectivity index is 2.56. The summed E-state index contributed by atoms with van der Waals surface area (Å²) in [6, 6.07) is 2.96. The van der Waals surface area contributed by atoms with Gasteiger partial charge in [-0.2, -0.15) is 0 Å². The molecule has 1 heterocycles. The minimum atomic E-state index is -0.440. The molecule has 3 N–H and O–H groups in total. The summed E-state index contributed by atoms with van der Waals surface area (Å²) in [7, 11) is 0. The van der Waals surface area contributed by atoms with Crippen LogP contribution in [0.2, 0.25) is 0 Å². The summed E-state index contributed by atoms with van der Waals surface area (Å²) in [5.74, 6) is 0.0823. The van der Waals surface area contributed by atoms with E-state index < -0.39 is 5.82 Å². The van der Waals surface area contributed by atoms with Gasteiger partial charge in [-0.25, -0.2) is 4.39 Å². The van der Waals surface area contributed by atoms with E-state index in [2.05, 4.69) is 5.48 Å². The van der Waals surface area contributed by atoms with Gasteiger partial charge in [-0.1, -0.05) is 0 Å². The zero-order valence-electron chi connectivity index (χ0n) is 6.60. The molecule has 0 aromatic heterocycles. The quantitative estimate of drug-likeness (QED) is 0.575. The number of nitrogens with one attached hydrogen (secondary N) is 1. The number of rotatable bonds is 0. The first-order valence-electron chi connectivity index (χ1n) is 3.70. The Bertz CT molecular complexity index is 327. The predicted molar refractivity (Wildman–Crippen MR) is 43.0 cm³/mol. The Morgan fingerprint density at radius 2 is 2.33 bits per heavy atom. The van der Waals surface area contributed by atoms with Crippen LogP contribution in [0.3, 0.4) is 0 Å². The Hall–Kier alpha value is -1.29. The van der Waals surface area contributed by atoms with Crippen LogP contribution in [0.25, 0.3) is 0 Å². The smallest absolute Gasteiger partial charge is 0.155 e. The van der Waals surface area contributed by atoms with E-state index in [1.807, 2.05) is 6.92 Å². The Morgan fingerprint density at radius 1 is 1.58 bits per heavy atom. The van der Waals surface area contributed by atoms with Gasteiger partial charge in [0, 0.05) is 11.6 Å². The number of hydrogen-bond donors (Lipinski definition) is 2. The fraction of sp³-hybridized carbons (Fsp3) is 0.250. The van der Waals surface area contributed by atoms with Crippen molar-refractivity contribution in [3.63, 3.8) is 0 Å². The van der Waals surface area contributed by atoms with Gasteiger partial charge >= 0.3 is 0 Å². The molecule has 0 saturated heterocycles. The van der Waals surface area contributed by atoms with Gasteiger partial charge in [-0.3, -0.25) is 0 Å². The number of hydroxylamine groups is 1. The van der Waals surface area contributed by atoms with Crippen LogP contribution in [-0.2, 0) is 0 Å². The van der Waals surface area contributed by atoms with Gasteiger partial charge in [-0.15, -0.1) is 5.48 Å². The molecule has 3 nitrogen and oxygen atoms in total. The van der Waals surface area contributed by atoms with Gasteiger partial charge in [0.2, 0.25) is 0 Å². The van der Waals surface area contributed by atoms with Crippen LogP contribution in [0.1, 0.15) is 18.5 Å². The topological polar surface area (TPSA) is 47.3 Å². The fourth-order valence-corrected chi connectivity index (χ4v) is 1.23. The van der Waals surface area contributed by atoms with Crippen molar-refractivity contribution in [2.75, 3.05) is 5.73 Å². The third kappa shape index (κ3) is 0.921. The van der Waals surface area contributed by atoms with E-state index in [0.717, 1.165) is 5.56 Å². The van der Waals surface area contributed by atoms with E-state index in [1.54, 1.807) is 6.07 Å². The van der Waals surface area contributed by atoms with E-state index in [1.165, 1.54) is 6.07 Å². The summed E-state index contributed by atoms with van der Waals surface area (Å²) >= 11 is 0. The molecule has 0 fully saturated rings. The Morgan fingerprint density at radius 3 is 3.08 bits per heavy atom. The van der Waals surface area contributed by atoms with Gasteiger partial charge < -0.3 is 10.6 Å². The number of benzene rings is 1. The van der Waals surface area contributed by atoms with Crippen LogP contribution < -0.4 is 16.1 Å². The second-order valence-corrected chi connectivity index (χ2v) is 2.85. The highest BCUT2D eigenvalue weighted by molar-refractivity contribution is 5.51. The molecular formula is C8H9FN2O. The molecule has 1 unspecified atom stereocenters. The largest absolute Gasteiger partial charge is 0.408 e. The first kappa shape index (κ1) is 7.36. The second-order valence-electron chi connectivity index (χ2n) is 2.85. The monoisotopic (exact) mass is 168 g/mol. The molecule has 64 valence electrons. The summed E-state index contributed by atoms with van der Waals surface area (Å²) in [5.41, 5.74) is 9.17. The lowest BCUT2D eigenvalue weighted by molar-refractivity contribution is 0.200. The molecule has 1 aliphatic rings. The first-order valence-corrected chi connectivity index (χ1v) is 3.70. The van der Waals surface area contributed by atoms with E-state index in [4.69, 9.17) is 10.6 Å². The van der Waals surface area contributed by atoms with Crippen molar-refractivity contribution >= 4 is 5.69 Å². The maximum absolute atomic E-state index is 12.9. The average Bonchev–Trinajstić information content (AvgIpc) is 2.35. The minimum absolute atomic E-state index is 0.0721. The first-order chi connectivity index (χ1) is 5.68.